The van der Waals surface area contributed by atoms with Gasteiger partial charge in [0.25, 0.3) is 5.91 Å². The van der Waals surface area contributed by atoms with Crippen LogP contribution >= 0.6 is 11.3 Å². The number of aromatic nitrogens is 2. The molecule has 3 N–H and O–H groups in total. The third-order valence-corrected chi connectivity index (χ3v) is 7.61. The predicted octanol–water partition coefficient (Wildman–Crippen LogP) is 7.23. The first-order chi connectivity index (χ1) is 17.0. The average molecular weight is 477 g/mol. The fourth-order valence-electron chi connectivity index (χ4n) is 4.71. The number of fused-ring (bicyclic) bond motifs is 4. The zero-order valence-electron chi connectivity index (χ0n) is 19.5. The van der Waals surface area contributed by atoms with E-state index in [0.717, 1.165) is 44.6 Å². The Hall–Kier alpha value is -4.16. The lowest BCUT2D eigenvalue weighted by Gasteiger charge is -2.06. The summed E-state index contributed by atoms with van der Waals surface area (Å²) in [4.78, 5) is 19.3. The second kappa shape index (κ2) is 8.25. The molecule has 6 rings (SSSR count). The van der Waals surface area contributed by atoms with E-state index in [1.807, 2.05) is 30.3 Å². The first kappa shape index (κ1) is 21.4. The van der Waals surface area contributed by atoms with Crippen molar-refractivity contribution < 1.29 is 4.79 Å². The molecule has 1 amide bonds. The molecule has 3 aromatic heterocycles. The van der Waals surface area contributed by atoms with Crippen molar-refractivity contribution >= 4 is 60.6 Å². The van der Waals surface area contributed by atoms with E-state index in [2.05, 4.69) is 72.3 Å². The highest BCUT2D eigenvalue weighted by atomic mass is 32.1. The van der Waals surface area contributed by atoms with Crippen LogP contribution in [0.25, 0.3) is 43.3 Å². The van der Waals surface area contributed by atoms with E-state index in [0.29, 0.717) is 10.6 Å². The monoisotopic (exact) mass is 476 g/mol. The maximum Gasteiger partial charge on any atom is 0.267 e. The zero-order chi connectivity index (χ0) is 24.1. The number of nitrogens with zero attached hydrogens (tertiary/aromatic N) is 2. The fourth-order valence-corrected chi connectivity index (χ4v) is 5.70. The van der Waals surface area contributed by atoms with Crippen molar-refractivity contribution in [1.29, 1.82) is 0 Å². The Labute approximate surface area is 206 Å². The van der Waals surface area contributed by atoms with Gasteiger partial charge in [-0.05, 0) is 50.2 Å². The van der Waals surface area contributed by atoms with Crippen molar-refractivity contribution in [2.45, 2.75) is 20.4 Å². The van der Waals surface area contributed by atoms with Gasteiger partial charge in [0.15, 0.2) is 0 Å². The summed E-state index contributed by atoms with van der Waals surface area (Å²) in [5.41, 5.74) is 13.1. The van der Waals surface area contributed by atoms with Crippen molar-refractivity contribution in [1.82, 2.24) is 9.55 Å². The van der Waals surface area contributed by atoms with Crippen LogP contribution in [0, 0.1) is 6.92 Å². The second-order valence-corrected chi connectivity index (χ2v) is 9.71. The molecule has 0 aliphatic carbocycles. The van der Waals surface area contributed by atoms with Gasteiger partial charge in [-0.1, -0.05) is 48.0 Å². The van der Waals surface area contributed by atoms with Crippen molar-refractivity contribution in [3.05, 3.63) is 89.3 Å². The van der Waals surface area contributed by atoms with Gasteiger partial charge in [-0.3, -0.25) is 4.79 Å². The van der Waals surface area contributed by atoms with Gasteiger partial charge in [0.2, 0.25) is 0 Å². The largest absolute Gasteiger partial charge is 0.397 e. The number of hydrogen-bond acceptors (Lipinski definition) is 4. The minimum atomic E-state index is -0.221. The van der Waals surface area contributed by atoms with Gasteiger partial charge in [0.05, 0.1) is 11.4 Å². The number of carbonyl (C=O) groups excluding carboxylic acids is 1. The maximum absolute atomic E-state index is 13.2. The van der Waals surface area contributed by atoms with Crippen molar-refractivity contribution in [2.75, 3.05) is 11.1 Å². The number of aryl methyl sites for hydroxylation is 2. The van der Waals surface area contributed by atoms with Crippen LogP contribution in [0.1, 0.15) is 22.2 Å². The van der Waals surface area contributed by atoms with Gasteiger partial charge in [0.1, 0.15) is 9.71 Å². The Morgan fingerprint density at radius 1 is 0.943 bits per heavy atom. The van der Waals surface area contributed by atoms with Crippen molar-refractivity contribution in [3.8, 4) is 11.3 Å². The van der Waals surface area contributed by atoms with E-state index < -0.39 is 0 Å². The quantitative estimate of drug-likeness (QED) is 0.282. The van der Waals surface area contributed by atoms with Crippen LogP contribution in [0.15, 0.2) is 78.9 Å². The normalized spacial score (nSPS) is 11.5. The number of hydrogen-bond donors (Lipinski definition) is 2. The van der Waals surface area contributed by atoms with Gasteiger partial charge in [0, 0.05) is 45.0 Å². The van der Waals surface area contributed by atoms with Crippen LogP contribution in [0.5, 0.6) is 0 Å². The zero-order valence-corrected chi connectivity index (χ0v) is 20.3. The summed E-state index contributed by atoms with van der Waals surface area (Å²) in [6.45, 7) is 5.08. The topological polar surface area (TPSA) is 72.9 Å². The Bertz CT molecular complexity index is 1740. The molecule has 5 nitrogen and oxygen atoms in total. The molecule has 0 aliphatic heterocycles. The van der Waals surface area contributed by atoms with Crippen LogP contribution in [0.4, 0.5) is 11.4 Å². The second-order valence-electron chi connectivity index (χ2n) is 8.71. The van der Waals surface area contributed by atoms with Crippen LogP contribution < -0.4 is 11.1 Å². The van der Waals surface area contributed by atoms with Gasteiger partial charge >= 0.3 is 0 Å². The molecule has 35 heavy (non-hydrogen) atoms. The number of rotatable bonds is 4. The van der Waals surface area contributed by atoms with E-state index in [1.54, 1.807) is 0 Å². The lowest BCUT2D eigenvalue weighted by atomic mass is 10.1. The molecule has 0 atom stereocenters. The summed E-state index contributed by atoms with van der Waals surface area (Å²) in [7, 11) is 0. The molecule has 0 aliphatic rings. The Kier molecular flexibility index (Phi) is 5.04. The highest BCUT2D eigenvalue weighted by molar-refractivity contribution is 7.21. The summed E-state index contributed by atoms with van der Waals surface area (Å²) in [6, 6.07) is 26.6. The first-order valence-corrected chi connectivity index (χ1v) is 12.4. The Morgan fingerprint density at radius 3 is 2.51 bits per heavy atom. The van der Waals surface area contributed by atoms with E-state index in [4.69, 9.17) is 10.7 Å². The first-order valence-electron chi connectivity index (χ1n) is 11.6. The number of carbonyl (C=O) groups is 1. The van der Waals surface area contributed by atoms with E-state index in [1.165, 1.54) is 27.8 Å². The van der Waals surface area contributed by atoms with Gasteiger partial charge in [-0.15, -0.1) is 11.3 Å². The average Bonchev–Trinajstić information content (AvgIpc) is 3.38. The highest BCUT2D eigenvalue weighted by Crippen LogP contribution is 2.35. The lowest BCUT2D eigenvalue weighted by molar-refractivity contribution is 0.103. The van der Waals surface area contributed by atoms with E-state index in [9.17, 15) is 4.79 Å². The number of nitrogens with one attached hydrogen (secondary N) is 1. The van der Waals surface area contributed by atoms with Crippen LogP contribution in [-0.4, -0.2) is 15.5 Å². The lowest BCUT2D eigenvalue weighted by Crippen LogP contribution is -2.11. The van der Waals surface area contributed by atoms with E-state index >= 15 is 0 Å². The molecule has 6 aromatic rings. The van der Waals surface area contributed by atoms with Crippen molar-refractivity contribution in [2.24, 2.45) is 0 Å². The molecular weight excluding hydrogens is 452 g/mol. The number of anilines is 2. The molecule has 0 saturated heterocycles. The summed E-state index contributed by atoms with van der Waals surface area (Å²) >= 11 is 1.32. The Balaban J connectivity index is 1.35. The minimum Gasteiger partial charge on any atom is -0.397 e. The van der Waals surface area contributed by atoms with Crippen molar-refractivity contribution in [3.63, 3.8) is 0 Å². The molecule has 6 heteroatoms. The minimum absolute atomic E-state index is 0.221. The number of thiophene rings is 1. The number of nitrogen functional groups attached to an aromatic ring is 1. The molecular formula is C29H24N4OS. The molecule has 0 radical (unpaired) electrons. The summed E-state index contributed by atoms with van der Waals surface area (Å²) in [6.07, 6.45) is 0. The number of nitrogens with two attached hydrogens (primary N) is 1. The number of amides is 1. The number of para-hydroxylation sites is 1. The van der Waals surface area contributed by atoms with Gasteiger partial charge in [-0.2, -0.15) is 0 Å². The fraction of sp³-hybridized carbons (Fsp3) is 0.103. The van der Waals surface area contributed by atoms with Crippen LogP contribution in [-0.2, 0) is 6.54 Å². The molecule has 0 unspecified atom stereocenters. The molecule has 3 aromatic carbocycles. The predicted molar refractivity (Wildman–Crippen MR) is 147 cm³/mol. The summed E-state index contributed by atoms with van der Waals surface area (Å²) in [5.74, 6) is -0.221. The standard InChI is InChI=1S/C29H24N4OS/c1-3-33-24-7-5-4-6-20(24)22-16-19(12-15-25(22)33)31-28(34)27-26(30)21-13-14-23(32-29(21)35-27)18-10-8-17(2)9-11-18/h4-16H,3,30H2,1-2H3,(H,31,34). The van der Waals surface area contributed by atoms with Crippen LogP contribution in [0.3, 0.4) is 0 Å². The smallest absolute Gasteiger partial charge is 0.267 e. The third-order valence-electron chi connectivity index (χ3n) is 6.49. The molecule has 0 bridgehead atoms. The maximum atomic E-state index is 13.2. The molecule has 0 spiro atoms. The number of pyridine rings is 1. The molecule has 172 valence electrons. The van der Waals surface area contributed by atoms with Gasteiger partial charge < -0.3 is 15.6 Å². The van der Waals surface area contributed by atoms with E-state index in [-0.39, 0.29) is 5.91 Å². The summed E-state index contributed by atoms with van der Waals surface area (Å²) in [5, 5.41) is 6.15. The number of benzene rings is 3. The van der Waals surface area contributed by atoms with Gasteiger partial charge in [-0.25, -0.2) is 4.98 Å². The Morgan fingerprint density at radius 2 is 1.71 bits per heavy atom. The summed E-state index contributed by atoms with van der Waals surface area (Å²) < 4.78 is 2.29. The third kappa shape index (κ3) is 3.54. The van der Waals surface area contributed by atoms with Crippen LogP contribution in [0.2, 0.25) is 0 Å². The molecule has 0 saturated carbocycles. The SMILES string of the molecule is CCn1c2ccccc2c2cc(NC(=O)c3sc4nc(-c5ccc(C)cc5)ccc4c3N)ccc21. The molecule has 0 fully saturated rings. The highest BCUT2D eigenvalue weighted by Gasteiger charge is 2.19. The molecule has 3 heterocycles.